The van der Waals surface area contributed by atoms with Gasteiger partial charge < -0.3 is 4.90 Å². The predicted octanol–water partition coefficient (Wildman–Crippen LogP) is 2.92. The van der Waals surface area contributed by atoms with Gasteiger partial charge in [0.25, 0.3) is 0 Å². The third-order valence-electron chi connectivity index (χ3n) is 2.84. The van der Waals surface area contributed by atoms with Crippen LogP contribution in [0.25, 0.3) is 0 Å². The molecule has 92 valence electrons. The lowest BCUT2D eigenvalue weighted by molar-refractivity contribution is 0.101. The van der Waals surface area contributed by atoms with Gasteiger partial charge in [-0.05, 0) is 43.3 Å². The van der Waals surface area contributed by atoms with E-state index in [4.69, 9.17) is 0 Å². The largest absolute Gasteiger partial charge is 0.369 e. The average molecular weight is 240 g/mol. The molecule has 1 heterocycles. The average Bonchev–Trinajstić information content (AvgIpc) is 2.40. The van der Waals surface area contributed by atoms with Crippen LogP contribution in [-0.4, -0.2) is 17.8 Å². The van der Waals surface area contributed by atoms with Gasteiger partial charge in [-0.25, -0.2) is 0 Å². The molecule has 0 bridgehead atoms. The number of ketones is 1. The smallest absolute Gasteiger partial charge is 0.159 e. The van der Waals surface area contributed by atoms with Crippen LogP contribution in [0.5, 0.6) is 0 Å². The van der Waals surface area contributed by atoms with E-state index in [0.29, 0.717) is 0 Å². The number of rotatable bonds is 4. The standard InChI is InChI=1S/C15H16N2O/c1-12(18)13-6-8-15(9-7-13)17(2)11-14-5-3-4-10-16-14/h3-10H,11H2,1-2H3. The van der Waals surface area contributed by atoms with E-state index in [9.17, 15) is 4.79 Å². The van der Waals surface area contributed by atoms with E-state index >= 15 is 0 Å². The fraction of sp³-hybridized carbons (Fsp3) is 0.200. The quantitative estimate of drug-likeness (QED) is 0.770. The normalized spacial score (nSPS) is 10.1. The van der Waals surface area contributed by atoms with Crippen molar-refractivity contribution in [2.24, 2.45) is 0 Å². The highest BCUT2D eigenvalue weighted by atomic mass is 16.1. The number of anilines is 1. The summed E-state index contributed by atoms with van der Waals surface area (Å²) in [6, 6.07) is 13.5. The van der Waals surface area contributed by atoms with Gasteiger partial charge in [-0.15, -0.1) is 0 Å². The molecule has 0 aliphatic rings. The van der Waals surface area contributed by atoms with Crippen LogP contribution in [0.15, 0.2) is 48.7 Å². The number of aromatic nitrogens is 1. The number of benzene rings is 1. The fourth-order valence-electron chi connectivity index (χ4n) is 1.78. The first-order valence-electron chi connectivity index (χ1n) is 5.89. The van der Waals surface area contributed by atoms with Crippen molar-refractivity contribution in [1.29, 1.82) is 0 Å². The second-order valence-corrected chi connectivity index (χ2v) is 4.28. The van der Waals surface area contributed by atoms with Gasteiger partial charge in [0.2, 0.25) is 0 Å². The summed E-state index contributed by atoms with van der Waals surface area (Å²) in [4.78, 5) is 17.6. The molecule has 0 spiro atoms. The predicted molar refractivity (Wildman–Crippen MR) is 72.8 cm³/mol. The molecule has 18 heavy (non-hydrogen) atoms. The number of hydrogen-bond donors (Lipinski definition) is 0. The highest BCUT2D eigenvalue weighted by Gasteiger charge is 2.04. The zero-order valence-electron chi connectivity index (χ0n) is 10.6. The van der Waals surface area contributed by atoms with Crippen molar-refractivity contribution >= 4 is 11.5 Å². The molecule has 3 nitrogen and oxygen atoms in total. The number of nitrogens with zero attached hydrogens (tertiary/aromatic N) is 2. The van der Waals surface area contributed by atoms with Gasteiger partial charge in [-0.3, -0.25) is 9.78 Å². The van der Waals surface area contributed by atoms with E-state index in [1.54, 1.807) is 13.1 Å². The molecule has 1 aromatic heterocycles. The van der Waals surface area contributed by atoms with Crippen molar-refractivity contribution in [2.75, 3.05) is 11.9 Å². The number of carbonyl (C=O) groups excluding carboxylic acids is 1. The summed E-state index contributed by atoms with van der Waals surface area (Å²) in [6.07, 6.45) is 1.79. The Bertz CT molecular complexity index is 520. The van der Waals surface area contributed by atoms with E-state index in [-0.39, 0.29) is 5.78 Å². The second kappa shape index (κ2) is 5.45. The van der Waals surface area contributed by atoms with Crippen molar-refractivity contribution in [3.05, 3.63) is 59.9 Å². The van der Waals surface area contributed by atoms with E-state index in [1.807, 2.05) is 49.5 Å². The summed E-state index contributed by atoms with van der Waals surface area (Å²) in [5.41, 5.74) is 2.84. The molecule has 0 atom stereocenters. The summed E-state index contributed by atoms with van der Waals surface area (Å²) in [6.45, 7) is 2.33. The van der Waals surface area contributed by atoms with Crippen LogP contribution >= 0.6 is 0 Å². The van der Waals surface area contributed by atoms with Gasteiger partial charge in [-0.1, -0.05) is 6.07 Å². The van der Waals surface area contributed by atoms with Crippen molar-refractivity contribution in [2.45, 2.75) is 13.5 Å². The highest BCUT2D eigenvalue weighted by molar-refractivity contribution is 5.94. The minimum absolute atomic E-state index is 0.0916. The molecule has 2 rings (SSSR count). The lowest BCUT2D eigenvalue weighted by Crippen LogP contribution is -2.17. The summed E-state index contributed by atoms with van der Waals surface area (Å²) < 4.78 is 0. The maximum atomic E-state index is 11.2. The zero-order chi connectivity index (χ0) is 13.0. The van der Waals surface area contributed by atoms with Crippen molar-refractivity contribution < 1.29 is 4.79 Å². The van der Waals surface area contributed by atoms with Crippen LogP contribution < -0.4 is 4.90 Å². The topological polar surface area (TPSA) is 33.2 Å². The molecule has 0 unspecified atom stereocenters. The number of hydrogen-bond acceptors (Lipinski definition) is 3. The molecule has 0 fully saturated rings. The SMILES string of the molecule is CC(=O)c1ccc(N(C)Cc2ccccn2)cc1. The summed E-state index contributed by atoms with van der Waals surface area (Å²) in [7, 11) is 2.01. The molecular formula is C15H16N2O. The Morgan fingerprint density at radius 3 is 2.44 bits per heavy atom. The Hall–Kier alpha value is -2.16. The van der Waals surface area contributed by atoms with Crippen molar-refractivity contribution in [3.63, 3.8) is 0 Å². The Balaban J connectivity index is 2.09. The Labute approximate surface area is 107 Å². The van der Waals surface area contributed by atoms with Crippen LogP contribution in [0.3, 0.4) is 0 Å². The summed E-state index contributed by atoms with van der Waals surface area (Å²) in [5.74, 6) is 0.0916. The number of carbonyl (C=O) groups is 1. The molecule has 2 aromatic rings. The summed E-state index contributed by atoms with van der Waals surface area (Å²) >= 11 is 0. The Morgan fingerprint density at radius 1 is 1.17 bits per heavy atom. The van der Waals surface area contributed by atoms with Crippen molar-refractivity contribution in [3.8, 4) is 0 Å². The third kappa shape index (κ3) is 2.94. The lowest BCUT2D eigenvalue weighted by Gasteiger charge is -2.18. The fourth-order valence-corrected chi connectivity index (χ4v) is 1.78. The molecular weight excluding hydrogens is 224 g/mol. The highest BCUT2D eigenvalue weighted by Crippen LogP contribution is 2.16. The van der Waals surface area contributed by atoms with Crippen LogP contribution in [0.4, 0.5) is 5.69 Å². The molecule has 0 amide bonds. The van der Waals surface area contributed by atoms with Crippen LogP contribution in [0.1, 0.15) is 23.0 Å². The molecule has 1 aromatic carbocycles. The van der Waals surface area contributed by atoms with Gasteiger partial charge in [0.1, 0.15) is 0 Å². The molecule has 0 saturated heterocycles. The molecule has 0 N–H and O–H groups in total. The first kappa shape index (κ1) is 12.3. The van der Waals surface area contributed by atoms with Gasteiger partial charge in [0.05, 0.1) is 12.2 Å². The first-order chi connectivity index (χ1) is 8.66. The Morgan fingerprint density at radius 2 is 1.89 bits per heavy atom. The first-order valence-corrected chi connectivity index (χ1v) is 5.89. The molecule has 3 heteroatoms. The maximum absolute atomic E-state index is 11.2. The monoisotopic (exact) mass is 240 g/mol. The van der Waals surface area contributed by atoms with Crippen LogP contribution in [-0.2, 0) is 6.54 Å². The summed E-state index contributed by atoms with van der Waals surface area (Å²) in [5, 5.41) is 0. The maximum Gasteiger partial charge on any atom is 0.159 e. The second-order valence-electron chi connectivity index (χ2n) is 4.28. The third-order valence-corrected chi connectivity index (χ3v) is 2.84. The number of pyridine rings is 1. The Kier molecular flexibility index (Phi) is 3.72. The molecule has 0 aliphatic heterocycles. The van der Waals surface area contributed by atoms with Gasteiger partial charge in [0, 0.05) is 24.5 Å². The van der Waals surface area contributed by atoms with E-state index in [1.165, 1.54) is 0 Å². The van der Waals surface area contributed by atoms with Gasteiger partial charge in [0.15, 0.2) is 5.78 Å². The van der Waals surface area contributed by atoms with Crippen molar-refractivity contribution in [1.82, 2.24) is 4.98 Å². The van der Waals surface area contributed by atoms with E-state index < -0.39 is 0 Å². The van der Waals surface area contributed by atoms with Gasteiger partial charge in [-0.2, -0.15) is 0 Å². The zero-order valence-corrected chi connectivity index (χ0v) is 10.6. The molecule has 0 aliphatic carbocycles. The number of Topliss-reactive ketones (excluding diaryl/α,β-unsaturated/α-hetero) is 1. The minimum atomic E-state index is 0.0916. The van der Waals surface area contributed by atoms with Crippen LogP contribution in [0, 0.1) is 0 Å². The van der Waals surface area contributed by atoms with E-state index in [0.717, 1.165) is 23.5 Å². The minimum Gasteiger partial charge on any atom is -0.369 e. The van der Waals surface area contributed by atoms with Gasteiger partial charge >= 0.3 is 0 Å². The molecule has 0 saturated carbocycles. The lowest BCUT2D eigenvalue weighted by atomic mass is 10.1. The molecule has 0 radical (unpaired) electrons. The van der Waals surface area contributed by atoms with Crippen LogP contribution in [0.2, 0.25) is 0 Å². The van der Waals surface area contributed by atoms with E-state index in [2.05, 4.69) is 9.88 Å².